The van der Waals surface area contributed by atoms with Crippen LogP contribution in [0.1, 0.15) is 5.56 Å². The van der Waals surface area contributed by atoms with Crippen LogP contribution in [0.3, 0.4) is 0 Å². The first kappa shape index (κ1) is 17.2. The maximum absolute atomic E-state index is 12.4. The predicted octanol–water partition coefficient (Wildman–Crippen LogP) is 3.87. The molecule has 0 aliphatic carbocycles. The van der Waals surface area contributed by atoms with E-state index in [2.05, 4.69) is 34.8 Å². The molecule has 0 radical (unpaired) electrons. The Labute approximate surface area is 148 Å². The van der Waals surface area contributed by atoms with Crippen molar-refractivity contribution in [2.45, 2.75) is 4.90 Å². The Morgan fingerprint density at radius 2 is 1.60 bits per heavy atom. The first-order chi connectivity index (χ1) is 12.1. The van der Waals surface area contributed by atoms with Crippen LogP contribution < -0.4 is 10.0 Å². The molecular weight excluding hydrogens is 332 g/mol. The molecule has 3 aromatic rings. The topological polar surface area (TPSA) is 58.2 Å². The number of benzene rings is 3. The summed E-state index contributed by atoms with van der Waals surface area (Å²) in [7, 11) is -3.55. The molecule has 128 valence electrons. The molecular formula is C20H20N2O2S. The molecule has 4 nitrogen and oxygen atoms in total. The van der Waals surface area contributed by atoms with Gasteiger partial charge in [0.2, 0.25) is 10.0 Å². The quantitative estimate of drug-likeness (QED) is 0.635. The van der Waals surface area contributed by atoms with Gasteiger partial charge in [0.05, 0.1) is 4.90 Å². The van der Waals surface area contributed by atoms with Crippen molar-refractivity contribution in [3.8, 4) is 0 Å². The third kappa shape index (κ3) is 4.07. The van der Waals surface area contributed by atoms with Gasteiger partial charge in [-0.2, -0.15) is 0 Å². The summed E-state index contributed by atoms with van der Waals surface area (Å²) < 4.78 is 27.4. The molecule has 0 aliphatic rings. The van der Waals surface area contributed by atoms with E-state index >= 15 is 0 Å². The summed E-state index contributed by atoms with van der Waals surface area (Å²) in [5.41, 5.74) is 1.56. The molecule has 0 unspecified atom stereocenters. The molecule has 0 heterocycles. The lowest BCUT2D eigenvalue weighted by Crippen LogP contribution is -2.29. The molecule has 0 spiro atoms. The highest BCUT2D eigenvalue weighted by Crippen LogP contribution is 2.19. The summed E-state index contributed by atoms with van der Waals surface area (Å²) in [5.74, 6) is 0. The predicted molar refractivity (Wildman–Crippen MR) is 104 cm³/mol. The zero-order valence-corrected chi connectivity index (χ0v) is 14.6. The fraction of sp³-hybridized carbons (Fsp3) is 0.100. The largest absolute Gasteiger partial charge is 0.384 e. The summed E-state index contributed by atoms with van der Waals surface area (Å²) >= 11 is 0. The van der Waals surface area contributed by atoms with E-state index in [1.807, 2.05) is 24.3 Å². The van der Waals surface area contributed by atoms with Crippen LogP contribution in [-0.4, -0.2) is 21.5 Å². The number of hydrogen-bond acceptors (Lipinski definition) is 3. The van der Waals surface area contributed by atoms with Gasteiger partial charge >= 0.3 is 0 Å². The van der Waals surface area contributed by atoms with E-state index in [4.69, 9.17) is 0 Å². The Hall–Kier alpha value is -2.63. The Balaban J connectivity index is 1.61. The van der Waals surface area contributed by atoms with Crippen molar-refractivity contribution in [1.29, 1.82) is 0 Å². The SMILES string of the molecule is C=Cc1ccccc1S(=O)(=O)NCCNc1ccc2ccccc2c1. The van der Waals surface area contributed by atoms with Crippen LogP contribution in [0.5, 0.6) is 0 Å². The minimum atomic E-state index is -3.55. The average molecular weight is 352 g/mol. The summed E-state index contributed by atoms with van der Waals surface area (Å²) in [4.78, 5) is 0.246. The van der Waals surface area contributed by atoms with E-state index in [0.29, 0.717) is 18.7 Å². The number of hydrogen-bond donors (Lipinski definition) is 2. The second-order valence-electron chi connectivity index (χ2n) is 5.63. The highest BCUT2D eigenvalue weighted by molar-refractivity contribution is 7.89. The van der Waals surface area contributed by atoms with Crippen molar-refractivity contribution in [2.24, 2.45) is 0 Å². The minimum absolute atomic E-state index is 0.246. The van der Waals surface area contributed by atoms with Crippen molar-refractivity contribution in [2.75, 3.05) is 18.4 Å². The molecule has 2 N–H and O–H groups in total. The van der Waals surface area contributed by atoms with Crippen LogP contribution in [0.15, 0.2) is 78.2 Å². The fourth-order valence-corrected chi connectivity index (χ4v) is 3.91. The molecule has 3 aromatic carbocycles. The number of nitrogens with one attached hydrogen (secondary N) is 2. The Morgan fingerprint density at radius 3 is 2.40 bits per heavy atom. The van der Waals surface area contributed by atoms with Crippen molar-refractivity contribution >= 4 is 32.6 Å². The second kappa shape index (κ2) is 7.51. The second-order valence-corrected chi connectivity index (χ2v) is 7.36. The third-order valence-corrected chi connectivity index (χ3v) is 5.46. The van der Waals surface area contributed by atoms with Crippen LogP contribution in [-0.2, 0) is 10.0 Å². The van der Waals surface area contributed by atoms with Gasteiger partial charge in [0, 0.05) is 18.8 Å². The molecule has 0 fully saturated rings. The molecule has 0 aliphatic heterocycles. The van der Waals surface area contributed by atoms with Gasteiger partial charge in [0.15, 0.2) is 0 Å². The summed E-state index contributed by atoms with van der Waals surface area (Å²) in [6.45, 7) is 4.45. The van der Waals surface area contributed by atoms with Gasteiger partial charge < -0.3 is 5.32 Å². The van der Waals surface area contributed by atoms with Gasteiger partial charge in [-0.05, 0) is 34.5 Å². The molecule has 25 heavy (non-hydrogen) atoms. The lowest BCUT2D eigenvalue weighted by Gasteiger charge is -2.11. The summed E-state index contributed by atoms with van der Waals surface area (Å²) in [5, 5.41) is 5.56. The van der Waals surface area contributed by atoms with Gasteiger partial charge in [-0.3, -0.25) is 0 Å². The van der Waals surface area contributed by atoms with Crippen molar-refractivity contribution < 1.29 is 8.42 Å². The van der Waals surface area contributed by atoms with Crippen LogP contribution in [0.4, 0.5) is 5.69 Å². The standard InChI is InChI=1S/C20H20N2O2S/c1-2-16-7-5-6-10-20(16)25(23,24)22-14-13-21-19-12-11-17-8-3-4-9-18(17)15-19/h2-12,15,21-22H,1,13-14H2. The molecule has 5 heteroatoms. The van der Waals surface area contributed by atoms with Crippen molar-refractivity contribution in [1.82, 2.24) is 4.72 Å². The van der Waals surface area contributed by atoms with Gasteiger partial charge in [-0.25, -0.2) is 13.1 Å². The lowest BCUT2D eigenvalue weighted by atomic mass is 10.1. The monoisotopic (exact) mass is 352 g/mol. The zero-order chi connectivity index (χ0) is 17.7. The Kier molecular flexibility index (Phi) is 5.16. The van der Waals surface area contributed by atoms with E-state index in [1.165, 1.54) is 5.39 Å². The molecule has 0 saturated carbocycles. The van der Waals surface area contributed by atoms with Crippen LogP contribution in [0.2, 0.25) is 0 Å². The van der Waals surface area contributed by atoms with E-state index in [-0.39, 0.29) is 4.90 Å². The van der Waals surface area contributed by atoms with Crippen LogP contribution in [0, 0.1) is 0 Å². The molecule has 0 aromatic heterocycles. The molecule has 0 bridgehead atoms. The maximum Gasteiger partial charge on any atom is 0.241 e. The maximum atomic E-state index is 12.4. The normalized spacial score (nSPS) is 11.4. The Bertz CT molecular complexity index is 997. The van der Waals surface area contributed by atoms with Gasteiger partial charge in [-0.15, -0.1) is 0 Å². The number of sulfonamides is 1. The fourth-order valence-electron chi connectivity index (χ4n) is 2.66. The van der Waals surface area contributed by atoms with E-state index in [9.17, 15) is 8.42 Å². The number of anilines is 1. The first-order valence-electron chi connectivity index (χ1n) is 8.04. The van der Waals surface area contributed by atoms with Gasteiger partial charge in [0.25, 0.3) is 0 Å². The van der Waals surface area contributed by atoms with Gasteiger partial charge in [-0.1, -0.05) is 61.2 Å². The first-order valence-corrected chi connectivity index (χ1v) is 9.52. The molecule has 0 saturated heterocycles. The van der Waals surface area contributed by atoms with Crippen LogP contribution >= 0.6 is 0 Å². The highest BCUT2D eigenvalue weighted by Gasteiger charge is 2.15. The average Bonchev–Trinajstić information content (AvgIpc) is 2.65. The van der Waals surface area contributed by atoms with Gasteiger partial charge in [0.1, 0.15) is 0 Å². The Morgan fingerprint density at radius 1 is 0.880 bits per heavy atom. The summed E-state index contributed by atoms with van der Waals surface area (Å²) in [6, 6.07) is 21.0. The molecule has 3 rings (SSSR count). The van der Waals surface area contributed by atoms with E-state index in [1.54, 1.807) is 30.3 Å². The third-order valence-electron chi connectivity index (χ3n) is 3.92. The van der Waals surface area contributed by atoms with E-state index in [0.717, 1.165) is 11.1 Å². The van der Waals surface area contributed by atoms with Crippen LogP contribution in [0.25, 0.3) is 16.8 Å². The molecule has 0 atom stereocenters. The number of rotatable bonds is 7. The zero-order valence-electron chi connectivity index (χ0n) is 13.8. The smallest absolute Gasteiger partial charge is 0.241 e. The molecule has 0 amide bonds. The lowest BCUT2D eigenvalue weighted by molar-refractivity contribution is 0.582. The summed E-state index contributed by atoms with van der Waals surface area (Å²) in [6.07, 6.45) is 1.54. The minimum Gasteiger partial charge on any atom is -0.384 e. The number of fused-ring (bicyclic) bond motifs is 1. The van der Waals surface area contributed by atoms with Crippen molar-refractivity contribution in [3.63, 3.8) is 0 Å². The highest BCUT2D eigenvalue weighted by atomic mass is 32.2. The van der Waals surface area contributed by atoms with Crippen molar-refractivity contribution in [3.05, 3.63) is 78.9 Å². The van der Waals surface area contributed by atoms with E-state index < -0.39 is 10.0 Å².